The Kier molecular flexibility index (Phi) is 6.38. The van der Waals surface area contributed by atoms with Crippen LogP contribution >= 0.6 is 12.2 Å². The Bertz CT molecular complexity index is 235. The summed E-state index contributed by atoms with van der Waals surface area (Å²) >= 11 is 5.19. The van der Waals surface area contributed by atoms with Gasteiger partial charge in [0.05, 0.1) is 11.0 Å². The fraction of sp³-hybridized carbons (Fsp3) is 0.923. The van der Waals surface area contributed by atoms with Gasteiger partial charge in [0.25, 0.3) is 0 Å². The van der Waals surface area contributed by atoms with Crippen LogP contribution in [0.15, 0.2) is 0 Å². The summed E-state index contributed by atoms with van der Waals surface area (Å²) in [6.45, 7) is 12.5. The minimum Gasteiger partial charge on any atom is -0.392 e. The van der Waals surface area contributed by atoms with Gasteiger partial charge in [-0.2, -0.15) is 0 Å². The lowest BCUT2D eigenvalue weighted by Gasteiger charge is -2.39. The molecule has 0 aromatic heterocycles. The molecule has 0 bridgehead atoms. The van der Waals surface area contributed by atoms with E-state index in [0.29, 0.717) is 11.0 Å². The molecule has 0 aromatic rings. The highest BCUT2D eigenvalue weighted by molar-refractivity contribution is 7.80. The first-order valence-electron chi connectivity index (χ1n) is 6.80. The van der Waals surface area contributed by atoms with Crippen molar-refractivity contribution in [1.29, 1.82) is 0 Å². The van der Waals surface area contributed by atoms with E-state index in [-0.39, 0.29) is 0 Å². The highest BCUT2D eigenvalue weighted by Crippen LogP contribution is 2.12. The van der Waals surface area contributed by atoms with Crippen LogP contribution in [0.1, 0.15) is 33.6 Å². The van der Waals surface area contributed by atoms with Gasteiger partial charge in [-0.25, -0.2) is 0 Å². The molecule has 1 aliphatic rings. The third-order valence-corrected chi connectivity index (χ3v) is 3.63. The SMILES string of the molecule is CCCC(C(N)=S)N1CCN(CC(C)C)CC1. The fourth-order valence-corrected chi connectivity index (χ4v) is 2.82. The maximum Gasteiger partial charge on any atom is 0.0902 e. The van der Waals surface area contributed by atoms with E-state index in [4.69, 9.17) is 18.0 Å². The number of hydrogen-bond donors (Lipinski definition) is 1. The van der Waals surface area contributed by atoms with Crippen molar-refractivity contribution >= 4 is 17.2 Å². The number of piperazine rings is 1. The quantitative estimate of drug-likeness (QED) is 0.734. The van der Waals surface area contributed by atoms with Crippen molar-refractivity contribution in [3.63, 3.8) is 0 Å². The maximum atomic E-state index is 5.85. The summed E-state index contributed by atoms with van der Waals surface area (Å²) < 4.78 is 0. The molecule has 0 aliphatic carbocycles. The van der Waals surface area contributed by atoms with Crippen LogP contribution in [0.3, 0.4) is 0 Å². The van der Waals surface area contributed by atoms with Crippen molar-refractivity contribution in [3.05, 3.63) is 0 Å². The van der Waals surface area contributed by atoms with Crippen LogP contribution in [0.5, 0.6) is 0 Å². The summed E-state index contributed by atoms with van der Waals surface area (Å²) in [4.78, 5) is 5.68. The zero-order chi connectivity index (χ0) is 12.8. The summed E-state index contributed by atoms with van der Waals surface area (Å²) in [5.41, 5.74) is 5.85. The van der Waals surface area contributed by atoms with Crippen LogP contribution in [-0.4, -0.2) is 53.6 Å². The van der Waals surface area contributed by atoms with Crippen LogP contribution < -0.4 is 5.73 Å². The summed E-state index contributed by atoms with van der Waals surface area (Å²) in [6.07, 6.45) is 2.24. The smallest absolute Gasteiger partial charge is 0.0902 e. The van der Waals surface area contributed by atoms with Gasteiger partial charge in [0.1, 0.15) is 0 Å². The van der Waals surface area contributed by atoms with Gasteiger partial charge < -0.3 is 10.6 Å². The van der Waals surface area contributed by atoms with Crippen LogP contribution in [-0.2, 0) is 0 Å². The van der Waals surface area contributed by atoms with Crippen LogP contribution in [0.2, 0.25) is 0 Å². The molecule has 0 saturated carbocycles. The molecule has 17 heavy (non-hydrogen) atoms. The number of nitrogens with two attached hydrogens (primary N) is 1. The van der Waals surface area contributed by atoms with Crippen molar-refractivity contribution < 1.29 is 0 Å². The van der Waals surface area contributed by atoms with Gasteiger partial charge in [0.2, 0.25) is 0 Å². The van der Waals surface area contributed by atoms with Crippen LogP contribution in [0, 0.1) is 5.92 Å². The van der Waals surface area contributed by atoms with E-state index >= 15 is 0 Å². The van der Waals surface area contributed by atoms with E-state index in [2.05, 4.69) is 30.6 Å². The molecule has 1 unspecified atom stereocenters. The van der Waals surface area contributed by atoms with Gasteiger partial charge in [-0.3, -0.25) is 4.90 Å². The molecule has 1 heterocycles. The molecule has 0 spiro atoms. The zero-order valence-corrected chi connectivity index (χ0v) is 12.3. The van der Waals surface area contributed by atoms with Crippen molar-refractivity contribution in [2.24, 2.45) is 11.7 Å². The largest absolute Gasteiger partial charge is 0.392 e. The Hall–Kier alpha value is -0.190. The fourth-order valence-electron chi connectivity index (χ4n) is 2.55. The third kappa shape index (κ3) is 4.90. The Balaban J connectivity index is 2.41. The lowest BCUT2D eigenvalue weighted by molar-refractivity contribution is 0.106. The molecular weight excluding hydrogens is 230 g/mol. The molecule has 1 fully saturated rings. The van der Waals surface area contributed by atoms with E-state index in [0.717, 1.165) is 44.9 Å². The third-order valence-electron chi connectivity index (χ3n) is 3.36. The number of thiocarbonyl (C=S) groups is 1. The number of nitrogens with zero attached hydrogens (tertiary/aromatic N) is 2. The molecule has 1 aliphatic heterocycles. The van der Waals surface area contributed by atoms with Gasteiger partial charge in [-0.1, -0.05) is 39.4 Å². The number of rotatable bonds is 6. The first kappa shape index (κ1) is 14.9. The Morgan fingerprint density at radius 1 is 1.24 bits per heavy atom. The van der Waals surface area contributed by atoms with Crippen LogP contribution in [0.4, 0.5) is 0 Å². The van der Waals surface area contributed by atoms with Crippen molar-refractivity contribution in [1.82, 2.24) is 9.80 Å². The molecule has 0 amide bonds. The van der Waals surface area contributed by atoms with Gasteiger partial charge in [0, 0.05) is 32.7 Å². The zero-order valence-electron chi connectivity index (χ0n) is 11.5. The average molecular weight is 257 g/mol. The topological polar surface area (TPSA) is 32.5 Å². The molecule has 1 rings (SSSR count). The average Bonchev–Trinajstić information content (AvgIpc) is 2.26. The molecule has 4 heteroatoms. The minimum atomic E-state index is 0.316. The van der Waals surface area contributed by atoms with Gasteiger partial charge in [-0.05, 0) is 12.3 Å². The molecule has 3 nitrogen and oxygen atoms in total. The van der Waals surface area contributed by atoms with E-state index < -0.39 is 0 Å². The summed E-state index contributed by atoms with van der Waals surface area (Å²) in [7, 11) is 0. The first-order valence-corrected chi connectivity index (χ1v) is 7.21. The Morgan fingerprint density at radius 3 is 2.24 bits per heavy atom. The second kappa shape index (κ2) is 7.29. The van der Waals surface area contributed by atoms with Crippen molar-refractivity contribution in [3.8, 4) is 0 Å². The highest BCUT2D eigenvalue weighted by atomic mass is 32.1. The van der Waals surface area contributed by atoms with Gasteiger partial charge in [0.15, 0.2) is 0 Å². The lowest BCUT2D eigenvalue weighted by Crippen LogP contribution is -2.54. The molecule has 1 saturated heterocycles. The Morgan fingerprint density at radius 2 is 1.82 bits per heavy atom. The van der Waals surface area contributed by atoms with Gasteiger partial charge >= 0.3 is 0 Å². The summed E-state index contributed by atoms with van der Waals surface area (Å²) in [6, 6.07) is 0.316. The van der Waals surface area contributed by atoms with E-state index in [1.165, 1.54) is 6.54 Å². The predicted octanol–water partition coefficient (Wildman–Crippen LogP) is 1.71. The number of hydrogen-bond acceptors (Lipinski definition) is 3. The molecule has 1 atom stereocenters. The minimum absolute atomic E-state index is 0.316. The normalized spacial score (nSPS) is 20.7. The predicted molar refractivity (Wildman–Crippen MR) is 78.3 cm³/mol. The summed E-state index contributed by atoms with van der Waals surface area (Å²) in [5.74, 6) is 0.753. The lowest BCUT2D eigenvalue weighted by atomic mass is 10.1. The highest BCUT2D eigenvalue weighted by Gasteiger charge is 2.24. The molecule has 100 valence electrons. The van der Waals surface area contributed by atoms with Gasteiger partial charge in [-0.15, -0.1) is 0 Å². The Labute approximate surface area is 111 Å². The molecule has 2 N–H and O–H groups in total. The second-order valence-electron chi connectivity index (χ2n) is 5.44. The van der Waals surface area contributed by atoms with E-state index in [9.17, 15) is 0 Å². The molecular formula is C13H27N3S. The monoisotopic (exact) mass is 257 g/mol. The van der Waals surface area contributed by atoms with E-state index in [1.54, 1.807) is 0 Å². The van der Waals surface area contributed by atoms with Crippen molar-refractivity contribution in [2.75, 3.05) is 32.7 Å². The van der Waals surface area contributed by atoms with Crippen LogP contribution in [0.25, 0.3) is 0 Å². The standard InChI is InChI=1S/C13H27N3S/c1-4-5-12(13(14)17)16-8-6-15(7-9-16)10-11(2)3/h11-12H,4-10H2,1-3H3,(H2,14,17). The first-order chi connectivity index (χ1) is 8.04. The molecule has 0 radical (unpaired) electrons. The summed E-state index contributed by atoms with van der Waals surface area (Å²) in [5, 5.41) is 0. The maximum absolute atomic E-state index is 5.85. The van der Waals surface area contributed by atoms with Crippen molar-refractivity contribution in [2.45, 2.75) is 39.7 Å². The second-order valence-corrected chi connectivity index (χ2v) is 5.91. The van der Waals surface area contributed by atoms with E-state index in [1.807, 2.05) is 0 Å². The molecule has 0 aromatic carbocycles.